The largest absolute Gasteiger partial charge is 0.388 e. The number of nitrogens with one attached hydrogen (secondary N) is 1. The number of rotatable bonds is 2. The monoisotopic (exact) mass is 239 g/mol. The molecule has 0 aromatic rings. The van der Waals surface area contributed by atoms with Crippen LogP contribution < -0.4 is 5.32 Å². The first-order valence-corrected chi connectivity index (χ1v) is 7.41. The van der Waals surface area contributed by atoms with E-state index in [-0.39, 0.29) is 0 Å². The van der Waals surface area contributed by atoms with E-state index < -0.39 is 5.60 Å². The number of hydrogen-bond acceptors (Lipinski definition) is 2. The molecule has 2 N–H and O–H groups in total. The molecule has 1 saturated heterocycles. The minimum atomic E-state index is -0.427. The van der Waals surface area contributed by atoms with Crippen molar-refractivity contribution in [1.29, 1.82) is 0 Å². The number of aliphatic hydroxyl groups is 1. The van der Waals surface area contributed by atoms with Crippen LogP contribution in [0.1, 0.15) is 65.7 Å². The van der Waals surface area contributed by atoms with E-state index in [4.69, 9.17) is 0 Å². The molecule has 2 aliphatic rings. The Morgan fingerprint density at radius 2 is 1.82 bits per heavy atom. The molecule has 2 unspecified atom stereocenters. The van der Waals surface area contributed by atoms with E-state index in [2.05, 4.69) is 26.1 Å². The first-order valence-electron chi connectivity index (χ1n) is 7.41. The molecule has 0 radical (unpaired) electrons. The number of piperidine rings is 1. The third-order valence-corrected chi connectivity index (χ3v) is 5.21. The van der Waals surface area contributed by atoms with Gasteiger partial charge in [-0.25, -0.2) is 0 Å². The predicted octanol–water partition coefficient (Wildman–Crippen LogP) is 3.10. The Balaban J connectivity index is 1.96. The van der Waals surface area contributed by atoms with Gasteiger partial charge in [-0.05, 0) is 56.4 Å². The van der Waals surface area contributed by atoms with E-state index in [1.54, 1.807) is 0 Å². The highest BCUT2D eigenvalue weighted by Crippen LogP contribution is 2.43. The van der Waals surface area contributed by atoms with Gasteiger partial charge in [0.25, 0.3) is 0 Å². The van der Waals surface area contributed by atoms with Crippen molar-refractivity contribution in [3.8, 4) is 0 Å². The highest BCUT2D eigenvalue weighted by molar-refractivity contribution is 4.99. The van der Waals surface area contributed by atoms with Crippen molar-refractivity contribution >= 4 is 0 Å². The van der Waals surface area contributed by atoms with Crippen molar-refractivity contribution in [2.24, 2.45) is 11.3 Å². The molecule has 1 aliphatic carbocycles. The predicted molar refractivity (Wildman–Crippen MR) is 72.0 cm³/mol. The highest BCUT2D eigenvalue weighted by Gasteiger charge is 2.43. The summed E-state index contributed by atoms with van der Waals surface area (Å²) in [7, 11) is 0. The molecule has 100 valence electrons. The standard InChI is InChI=1S/C15H29NO/c1-4-12-5-10-16-13(11-12)15(17)8-6-14(2,3)7-9-15/h12-13,16-17H,4-11H2,1-3H3. The third-order valence-electron chi connectivity index (χ3n) is 5.21. The summed E-state index contributed by atoms with van der Waals surface area (Å²) in [4.78, 5) is 0. The Morgan fingerprint density at radius 1 is 1.18 bits per heavy atom. The average Bonchev–Trinajstić information content (AvgIpc) is 2.33. The molecule has 2 rings (SSSR count). The van der Waals surface area contributed by atoms with Gasteiger partial charge < -0.3 is 10.4 Å². The SMILES string of the molecule is CCC1CCNC(C2(O)CCC(C)(C)CC2)C1. The van der Waals surface area contributed by atoms with Crippen molar-refractivity contribution in [2.75, 3.05) is 6.54 Å². The topological polar surface area (TPSA) is 32.3 Å². The summed E-state index contributed by atoms with van der Waals surface area (Å²) in [6, 6.07) is 0.345. The molecule has 1 saturated carbocycles. The summed E-state index contributed by atoms with van der Waals surface area (Å²) in [5.41, 5.74) is 0.00835. The van der Waals surface area contributed by atoms with Crippen LogP contribution >= 0.6 is 0 Å². The van der Waals surface area contributed by atoms with Crippen LogP contribution in [0.2, 0.25) is 0 Å². The lowest BCUT2D eigenvalue weighted by molar-refractivity contribution is -0.0654. The summed E-state index contributed by atoms with van der Waals surface area (Å²) in [6.45, 7) is 8.03. The quantitative estimate of drug-likeness (QED) is 0.776. The molecule has 0 aromatic carbocycles. The van der Waals surface area contributed by atoms with Gasteiger partial charge in [0.1, 0.15) is 0 Å². The van der Waals surface area contributed by atoms with Gasteiger partial charge in [0.2, 0.25) is 0 Å². The molecule has 0 amide bonds. The maximum absolute atomic E-state index is 10.9. The molecule has 0 bridgehead atoms. The minimum absolute atomic E-state index is 0.345. The van der Waals surface area contributed by atoms with Gasteiger partial charge in [-0.3, -0.25) is 0 Å². The maximum atomic E-state index is 10.9. The second-order valence-electron chi connectivity index (χ2n) is 7.07. The first-order chi connectivity index (χ1) is 7.95. The molecule has 17 heavy (non-hydrogen) atoms. The van der Waals surface area contributed by atoms with Crippen molar-refractivity contribution in [2.45, 2.75) is 77.4 Å². The molecular weight excluding hydrogens is 210 g/mol. The summed E-state index contributed by atoms with van der Waals surface area (Å²) in [5, 5.41) is 14.5. The van der Waals surface area contributed by atoms with Gasteiger partial charge in [0.15, 0.2) is 0 Å². The summed E-state index contributed by atoms with van der Waals surface area (Å²) in [5.74, 6) is 0.820. The normalized spacial score (nSPS) is 36.7. The Kier molecular flexibility index (Phi) is 3.84. The zero-order valence-corrected chi connectivity index (χ0v) is 11.8. The van der Waals surface area contributed by atoms with Crippen molar-refractivity contribution in [3.05, 3.63) is 0 Å². The molecule has 2 heteroatoms. The van der Waals surface area contributed by atoms with Crippen LogP contribution in [-0.4, -0.2) is 23.3 Å². The van der Waals surface area contributed by atoms with Crippen molar-refractivity contribution < 1.29 is 5.11 Å². The van der Waals surface area contributed by atoms with Crippen molar-refractivity contribution in [1.82, 2.24) is 5.32 Å². The molecule has 2 fully saturated rings. The van der Waals surface area contributed by atoms with Crippen LogP contribution in [-0.2, 0) is 0 Å². The fraction of sp³-hybridized carbons (Fsp3) is 1.00. The highest BCUT2D eigenvalue weighted by atomic mass is 16.3. The van der Waals surface area contributed by atoms with Crippen LogP contribution in [0.25, 0.3) is 0 Å². The van der Waals surface area contributed by atoms with E-state index in [0.29, 0.717) is 11.5 Å². The molecule has 2 nitrogen and oxygen atoms in total. The fourth-order valence-corrected chi connectivity index (χ4v) is 3.48. The Morgan fingerprint density at radius 3 is 2.41 bits per heavy atom. The molecule has 1 aliphatic heterocycles. The lowest BCUT2D eigenvalue weighted by Crippen LogP contribution is -2.56. The van der Waals surface area contributed by atoms with E-state index in [1.807, 2.05) is 0 Å². The Bertz CT molecular complexity index is 252. The van der Waals surface area contributed by atoms with Gasteiger partial charge >= 0.3 is 0 Å². The molecule has 2 atom stereocenters. The minimum Gasteiger partial charge on any atom is -0.388 e. The van der Waals surface area contributed by atoms with E-state index in [9.17, 15) is 5.11 Å². The van der Waals surface area contributed by atoms with Crippen LogP contribution in [0.15, 0.2) is 0 Å². The molecular formula is C15H29NO. The van der Waals surface area contributed by atoms with Crippen LogP contribution in [0.3, 0.4) is 0 Å². The zero-order chi connectivity index (χ0) is 12.5. The van der Waals surface area contributed by atoms with Crippen LogP contribution in [0, 0.1) is 11.3 Å². The van der Waals surface area contributed by atoms with E-state index >= 15 is 0 Å². The average molecular weight is 239 g/mol. The first kappa shape index (κ1) is 13.4. The second kappa shape index (κ2) is 4.89. The fourth-order valence-electron chi connectivity index (χ4n) is 3.48. The van der Waals surface area contributed by atoms with Gasteiger partial charge in [-0.2, -0.15) is 0 Å². The summed E-state index contributed by atoms with van der Waals surface area (Å²) < 4.78 is 0. The Labute approximate surface area is 106 Å². The second-order valence-corrected chi connectivity index (χ2v) is 7.07. The molecule has 0 aromatic heterocycles. The smallest absolute Gasteiger partial charge is 0.0800 e. The summed E-state index contributed by atoms with van der Waals surface area (Å²) >= 11 is 0. The lowest BCUT2D eigenvalue weighted by Gasteiger charge is -2.47. The van der Waals surface area contributed by atoms with Crippen LogP contribution in [0.4, 0.5) is 0 Å². The van der Waals surface area contributed by atoms with Crippen molar-refractivity contribution in [3.63, 3.8) is 0 Å². The van der Waals surface area contributed by atoms with Gasteiger partial charge in [-0.1, -0.05) is 27.2 Å². The lowest BCUT2D eigenvalue weighted by atomic mass is 9.66. The van der Waals surface area contributed by atoms with Crippen LogP contribution in [0.5, 0.6) is 0 Å². The van der Waals surface area contributed by atoms with Gasteiger partial charge in [0.05, 0.1) is 5.60 Å². The van der Waals surface area contributed by atoms with Gasteiger partial charge in [-0.15, -0.1) is 0 Å². The van der Waals surface area contributed by atoms with Gasteiger partial charge in [0, 0.05) is 6.04 Å². The van der Waals surface area contributed by atoms with E-state index in [1.165, 1.54) is 32.1 Å². The molecule has 0 spiro atoms. The summed E-state index contributed by atoms with van der Waals surface area (Å²) in [6.07, 6.45) is 8.01. The molecule has 1 heterocycles. The maximum Gasteiger partial charge on any atom is 0.0800 e. The Hall–Kier alpha value is -0.0800. The number of hydrogen-bond donors (Lipinski definition) is 2. The third kappa shape index (κ3) is 3.03. The zero-order valence-electron chi connectivity index (χ0n) is 11.8. The van der Waals surface area contributed by atoms with E-state index in [0.717, 1.165) is 25.3 Å².